The Bertz CT molecular complexity index is 1220. The van der Waals surface area contributed by atoms with Crippen LogP contribution in [0.25, 0.3) is 4.72 Å². The molecule has 154 valence electrons. The first kappa shape index (κ1) is 21.5. The standard InChI is InChI=1S/C21H16BrN2O5S/c1-13-5-6-14(20(25)23-18-4-2-3-15(11-18)21(26)27)12-19(13)30(28,29)24-17-9-7-16(22)8-10-17/h2-12H,1H3,(H,23,25)(H,26,27)/q-1/p-1. The van der Waals surface area contributed by atoms with Crippen molar-refractivity contribution in [2.75, 3.05) is 5.32 Å². The number of sulfonamides is 1. The maximum Gasteiger partial charge on any atom is 0.255 e. The Morgan fingerprint density at radius 2 is 1.67 bits per heavy atom. The van der Waals surface area contributed by atoms with E-state index in [1.807, 2.05) is 0 Å². The number of nitrogens with zero attached hydrogens (tertiary/aromatic N) is 1. The normalized spacial score (nSPS) is 11.0. The van der Waals surface area contributed by atoms with Gasteiger partial charge < -0.3 is 19.9 Å². The molecule has 0 bridgehead atoms. The molecule has 0 unspecified atom stereocenters. The van der Waals surface area contributed by atoms with Crippen LogP contribution in [0, 0.1) is 6.92 Å². The van der Waals surface area contributed by atoms with Crippen molar-refractivity contribution in [3.05, 3.63) is 92.6 Å². The predicted octanol–water partition coefficient (Wildman–Crippen LogP) is 3.77. The van der Waals surface area contributed by atoms with Crippen LogP contribution < -0.4 is 10.4 Å². The van der Waals surface area contributed by atoms with Gasteiger partial charge in [-0.05, 0) is 54.4 Å². The highest BCUT2D eigenvalue weighted by atomic mass is 79.9. The molecule has 1 N–H and O–H groups in total. The number of aromatic carboxylic acids is 1. The molecule has 0 aliphatic carbocycles. The van der Waals surface area contributed by atoms with Gasteiger partial charge in [-0.2, -0.15) is 0 Å². The number of benzene rings is 3. The van der Waals surface area contributed by atoms with Gasteiger partial charge >= 0.3 is 0 Å². The first-order valence-corrected chi connectivity index (χ1v) is 10.9. The third kappa shape index (κ3) is 5.05. The molecule has 0 radical (unpaired) electrons. The van der Waals surface area contributed by atoms with Crippen LogP contribution in [-0.4, -0.2) is 20.3 Å². The average molecular weight is 487 g/mol. The first-order chi connectivity index (χ1) is 14.2. The predicted molar refractivity (Wildman–Crippen MR) is 114 cm³/mol. The molecule has 0 fully saturated rings. The number of anilines is 1. The molecule has 3 aromatic rings. The number of halogens is 1. The van der Waals surface area contributed by atoms with Crippen LogP contribution in [0.3, 0.4) is 0 Å². The lowest BCUT2D eigenvalue weighted by atomic mass is 10.1. The van der Waals surface area contributed by atoms with Gasteiger partial charge in [-0.15, -0.1) is 5.69 Å². The Morgan fingerprint density at radius 3 is 2.33 bits per heavy atom. The summed E-state index contributed by atoms with van der Waals surface area (Å²) in [5.74, 6) is -1.96. The Labute approximate surface area is 181 Å². The van der Waals surface area contributed by atoms with E-state index < -0.39 is 21.9 Å². The number of hydrogen-bond acceptors (Lipinski definition) is 5. The monoisotopic (exact) mass is 486 g/mol. The molecule has 0 spiro atoms. The third-order valence-electron chi connectivity index (χ3n) is 4.14. The van der Waals surface area contributed by atoms with Gasteiger partial charge in [0.2, 0.25) is 0 Å². The molecule has 0 aliphatic rings. The summed E-state index contributed by atoms with van der Waals surface area (Å²) in [4.78, 5) is 23.4. The number of aryl methyl sites for hydroxylation is 1. The first-order valence-electron chi connectivity index (χ1n) is 8.63. The van der Waals surface area contributed by atoms with Crippen molar-refractivity contribution < 1.29 is 23.1 Å². The van der Waals surface area contributed by atoms with Crippen LogP contribution >= 0.6 is 15.9 Å². The molecule has 0 heterocycles. The minimum absolute atomic E-state index is 0.0871. The Morgan fingerprint density at radius 1 is 0.967 bits per heavy atom. The van der Waals surface area contributed by atoms with Crippen molar-refractivity contribution in [1.82, 2.24) is 0 Å². The number of carboxylic acid groups (broad SMARTS) is 1. The zero-order valence-electron chi connectivity index (χ0n) is 15.6. The van der Waals surface area contributed by atoms with E-state index in [1.54, 1.807) is 31.2 Å². The molecular weight excluding hydrogens is 472 g/mol. The summed E-state index contributed by atoms with van der Waals surface area (Å²) in [7, 11) is -4.06. The van der Waals surface area contributed by atoms with E-state index in [-0.39, 0.29) is 27.4 Å². The summed E-state index contributed by atoms with van der Waals surface area (Å²) in [6.07, 6.45) is 0. The fraction of sp³-hybridized carbons (Fsp3) is 0.0476. The number of nitrogens with one attached hydrogen (secondary N) is 1. The highest BCUT2D eigenvalue weighted by Crippen LogP contribution is 2.31. The smallest absolute Gasteiger partial charge is 0.255 e. The third-order valence-corrected chi connectivity index (χ3v) is 6.11. The molecular formula is C21H15BrN2O5S-2. The number of carboxylic acids is 1. The summed E-state index contributed by atoms with van der Waals surface area (Å²) in [5.41, 5.74) is 0.932. The Balaban J connectivity index is 1.87. The molecule has 1 amide bonds. The summed E-state index contributed by atoms with van der Waals surface area (Å²) in [6, 6.07) is 16.2. The van der Waals surface area contributed by atoms with E-state index in [0.29, 0.717) is 5.56 Å². The minimum atomic E-state index is -4.06. The van der Waals surface area contributed by atoms with Crippen molar-refractivity contribution in [2.45, 2.75) is 11.8 Å². The highest BCUT2D eigenvalue weighted by molar-refractivity contribution is 9.10. The molecule has 0 aromatic heterocycles. The van der Waals surface area contributed by atoms with Crippen molar-refractivity contribution in [1.29, 1.82) is 0 Å². The maximum atomic E-state index is 12.8. The summed E-state index contributed by atoms with van der Waals surface area (Å²) in [5, 5.41) is 13.5. The van der Waals surface area contributed by atoms with Crippen LogP contribution in [0.1, 0.15) is 26.3 Å². The van der Waals surface area contributed by atoms with E-state index in [9.17, 15) is 23.1 Å². The summed E-state index contributed by atoms with van der Waals surface area (Å²) >= 11 is 3.27. The van der Waals surface area contributed by atoms with E-state index in [4.69, 9.17) is 0 Å². The van der Waals surface area contributed by atoms with Crippen molar-refractivity contribution in [3.63, 3.8) is 0 Å². The number of amides is 1. The Kier molecular flexibility index (Phi) is 6.23. The lowest BCUT2D eigenvalue weighted by molar-refractivity contribution is -0.255. The van der Waals surface area contributed by atoms with Crippen LogP contribution in [0.15, 0.2) is 76.1 Å². The van der Waals surface area contributed by atoms with Gasteiger partial charge in [0.25, 0.3) is 5.91 Å². The van der Waals surface area contributed by atoms with Crippen molar-refractivity contribution >= 4 is 49.2 Å². The average Bonchev–Trinajstić information content (AvgIpc) is 2.70. The Hall–Kier alpha value is -3.17. The zero-order valence-corrected chi connectivity index (χ0v) is 18.0. The minimum Gasteiger partial charge on any atom is -0.573 e. The van der Waals surface area contributed by atoms with Gasteiger partial charge in [-0.25, -0.2) is 8.42 Å². The fourth-order valence-electron chi connectivity index (χ4n) is 2.64. The van der Waals surface area contributed by atoms with Crippen LogP contribution in [0.5, 0.6) is 0 Å². The molecule has 0 saturated heterocycles. The lowest BCUT2D eigenvalue weighted by Crippen LogP contribution is -2.22. The van der Waals surface area contributed by atoms with Crippen molar-refractivity contribution in [3.8, 4) is 0 Å². The molecule has 7 nitrogen and oxygen atoms in total. The molecule has 3 aromatic carbocycles. The summed E-state index contributed by atoms with van der Waals surface area (Å²) < 4.78 is 30.2. The molecule has 0 atom stereocenters. The van der Waals surface area contributed by atoms with Gasteiger partial charge in [0.15, 0.2) is 0 Å². The number of hydrogen-bond donors (Lipinski definition) is 1. The second-order valence-electron chi connectivity index (χ2n) is 6.35. The molecule has 0 aliphatic heterocycles. The molecule has 9 heteroatoms. The van der Waals surface area contributed by atoms with E-state index in [1.165, 1.54) is 42.5 Å². The van der Waals surface area contributed by atoms with Crippen LogP contribution in [-0.2, 0) is 10.0 Å². The van der Waals surface area contributed by atoms with Gasteiger partial charge in [0, 0.05) is 15.7 Å². The second-order valence-corrected chi connectivity index (χ2v) is 8.83. The van der Waals surface area contributed by atoms with E-state index in [0.717, 1.165) is 4.47 Å². The fourth-order valence-corrected chi connectivity index (χ4v) is 4.15. The van der Waals surface area contributed by atoms with E-state index in [2.05, 4.69) is 26.0 Å². The number of carbonyl (C=O) groups excluding carboxylic acids is 2. The van der Waals surface area contributed by atoms with E-state index >= 15 is 0 Å². The molecule has 0 saturated carbocycles. The maximum absolute atomic E-state index is 12.8. The van der Waals surface area contributed by atoms with Gasteiger partial charge in [-0.1, -0.05) is 46.3 Å². The van der Waals surface area contributed by atoms with Gasteiger partial charge in [-0.3, -0.25) is 4.79 Å². The highest BCUT2D eigenvalue weighted by Gasteiger charge is 2.14. The topological polar surface area (TPSA) is 117 Å². The van der Waals surface area contributed by atoms with Gasteiger partial charge in [0.05, 0.1) is 10.9 Å². The second kappa shape index (κ2) is 8.68. The summed E-state index contributed by atoms with van der Waals surface area (Å²) in [6.45, 7) is 1.61. The SMILES string of the molecule is Cc1ccc(C(=O)Nc2cccc(C(=O)[O-])c2)cc1S(=O)(=O)[N-]c1ccc(Br)cc1. The molecule has 3 rings (SSSR count). The zero-order chi connectivity index (χ0) is 21.9. The van der Waals surface area contributed by atoms with Gasteiger partial charge in [0.1, 0.15) is 10.0 Å². The number of rotatable bonds is 6. The number of carbonyl (C=O) groups is 2. The largest absolute Gasteiger partial charge is 0.573 e. The quantitative estimate of drug-likeness (QED) is 0.568. The lowest BCUT2D eigenvalue weighted by Gasteiger charge is -2.23. The van der Waals surface area contributed by atoms with Crippen LogP contribution in [0.2, 0.25) is 0 Å². The molecule has 30 heavy (non-hydrogen) atoms. The van der Waals surface area contributed by atoms with Crippen molar-refractivity contribution in [2.24, 2.45) is 0 Å². The van der Waals surface area contributed by atoms with Crippen LogP contribution in [0.4, 0.5) is 11.4 Å².